The van der Waals surface area contributed by atoms with E-state index in [9.17, 15) is 10.2 Å². The molecular formula is C20H27N3O2. The third-order valence-corrected chi connectivity index (χ3v) is 5.18. The van der Waals surface area contributed by atoms with Crippen molar-refractivity contribution in [2.45, 2.75) is 40.0 Å². The van der Waals surface area contributed by atoms with Crippen molar-refractivity contribution in [1.82, 2.24) is 9.88 Å². The Morgan fingerprint density at radius 1 is 1.20 bits per heavy atom. The lowest BCUT2D eigenvalue weighted by Crippen LogP contribution is -2.51. The number of aliphatic hydroxyl groups is 1. The summed E-state index contributed by atoms with van der Waals surface area (Å²) in [6.45, 7) is 9.51. The Hall–Kier alpha value is -2.11. The van der Waals surface area contributed by atoms with Crippen LogP contribution in [-0.2, 0) is 13.2 Å². The lowest BCUT2D eigenvalue weighted by molar-refractivity contribution is 0.176. The van der Waals surface area contributed by atoms with E-state index in [2.05, 4.69) is 52.9 Å². The molecular weight excluding hydrogens is 314 g/mol. The molecule has 0 amide bonds. The lowest BCUT2D eigenvalue weighted by atomic mass is 10.0. The lowest BCUT2D eigenvalue weighted by Gasteiger charge is -2.41. The largest absolute Gasteiger partial charge is 0.506 e. The molecule has 1 fully saturated rings. The maximum Gasteiger partial charge on any atom is 0.141 e. The van der Waals surface area contributed by atoms with Crippen LogP contribution < -0.4 is 4.90 Å². The Labute approximate surface area is 149 Å². The second kappa shape index (κ2) is 7.42. The monoisotopic (exact) mass is 341 g/mol. The topological polar surface area (TPSA) is 59.8 Å². The molecule has 1 atom stereocenters. The van der Waals surface area contributed by atoms with E-state index in [0.29, 0.717) is 23.8 Å². The number of aryl methyl sites for hydroxylation is 2. The predicted molar refractivity (Wildman–Crippen MR) is 99.8 cm³/mol. The van der Waals surface area contributed by atoms with Crippen LogP contribution in [0.25, 0.3) is 0 Å². The normalized spacial score (nSPS) is 18.6. The number of rotatable bonds is 4. The molecule has 0 spiro atoms. The maximum atomic E-state index is 10.4. The Morgan fingerprint density at radius 3 is 2.64 bits per heavy atom. The second-order valence-corrected chi connectivity index (χ2v) is 6.91. The molecule has 2 N–H and O–H groups in total. The predicted octanol–water partition coefficient (Wildman–Crippen LogP) is 2.61. The van der Waals surface area contributed by atoms with E-state index in [1.54, 1.807) is 13.1 Å². The van der Waals surface area contributed by atoms with Crippen LogP contribution in [0.15, 0.2) is 30.5 Å². The van der Waals surface area contributed by atoms with Crippen LogP contribution in [0.2, 0.25) is 0 Å². The minimum absolute atomic E-state index is 0.103. The van der Waals surface area contributed by atoms with Crippen molar-refractivity contribution in [2.24, 2.45) is 0 Å². The molecule has 1 unspecified atom stereocenters. The summed E-state index contributed by atoms with van der Waals surface area (Å²) in [6, 6.07) is 8.85. The average Bonchev–Trinajstić information content (AvgIpc) is 2.61. The van der Waals surface area contributed by atoms with Gasteiger partial charge in [0.15, 0.2) is 0 Å². The molecule has 1 aromatic heterocycles. The summed E-state index contributed by atoms with van der Waals surface area (Å²) in [7, 11) is 0. The number of piperazine rings is 1. The quantitative estimate of drug-likeness (QED) is 0.895. The molecule has 1 aliphatic rings. The summed E-state index contributed by atoms with van der Waals surface area (Å²) < 4.78 is 0. The van der Waals surface area contributed by atoms with E-state index in [1.165, 1.54) is 11.3 Å². The van der Waals surface area contributed by atoms with Crippen LogP contribution >= 0.6 is 0 Å². The van der Waals surface area contributed by atoms with E-state index < -0.39 is 0 Å². The minimum Gasteiger partial charge on any atom is -0.506 e. The van der Waals surface area contributed by atoms with Crippen LogP contribution in [-0.4, -0.2) is 45.8 Å². The molecule has 25 heavy (non-hydrogen) atoms. The number of aliphatic hydroxyl groups excluding tert-OH is 1. The molecule has 2 aromatic rings. The zero-order chi connectivity index (χ0) is 18.0. The molecule has 1 aromatic carbocycles. The summed E-state index contributed by atoms with van der Waals surface area (Å²) >= 11 is 0. The van der Waals surface area contributed by atoms with Gasteiger partial charge in [0.25, 0.3) is 0 Å². The standard InChI is InChI=1S/C20H27N3O2/c1-14-6-4-5-7-19(14)23-9-8-22(15(2)11-23)12-18-17(13-24)10-21-16(3)20(18)25/h4-7,10,15,24-25H,8-9,11-13H2,1-3H3. The highest BCUT2D eigenvalue weighted by Gasteiger charge is 2.26. The van der Waals surface area contributed by atoms with Crippen molar-refractivity contribution in [1.29, 1.82) is 0 Å². The van der Waals surface area contributed by atoms with Gasteiger partial charge in [-0.05, 0) is 32.4 Å². The number of aromatic hydroxyl groups is 1. The molecule has 1 saturated heterocycles. The molecule has 0 saturated carbocycles. The van der Waals surface area contributed by atoms with Crippen molar-refractivity contribution < 1.29 is 10.2 Å². The Bertz CT molecular complexity index is 748. The molecule has 0 bridgehead atoms. The molecule has 0 aliphatic carbocycles. The van der Waals surface area contributed by atoms with Crippen LogP contribution in [0.3, 0.4) is 0 Å². The van der Waals surface area contributed by atoms with Gasteiger partial charge in [0, 0.05) is 55.2 Å². The van der Waals surface area contributed by atoms with Gasteiger partial charge in [-0.3, -0.25) is 9.88 Å². The van der Waals surface area contributed by atoms with Gasteiger partial charge in [-0.2, -0.15) is 0 Å². The van der Waals surface area contributed by atoms with Crippen LogP contribution in [0.5, 0.6) is 5.75 Å². The number of pyridine rings is 1. The molecule has 3 rings (SSSR count). The number of hydrogen-bond donors (Lipinski definition) is 2. The molecule has 5 nitrogen and oxygen atoms in total. The number of anilines is 1. The number of benzene rings is 1. The fourth-order valence-electron chi connectivity index (χ4n) is 3.57. The molecule has 5 heteroatoms. The van der Waals surface area contributed by atoms with Crippen molar-refractivity contribution in [2.75, 3.05) is 24.5 Å². The van der Waals surface area contributed by atoms with E-state index in [-0.39, 0.29) is 12.4 Å². The highest BCUT2D eigenvalue weighted by Crippen LogP contribution is 2.28. The van der Waals surface area contributed by atoms with E-state index in [0.717, 1.165) is 25.2 Å². The van der Waals surface area contributed by atoms with Gasteiger partial charge in [0.1, 0.15) is 5.75 Å². The Balaban J connectivity index is 1.75. The van der Waals surface area contributed by atoms with Crippen LogP contribution in [0, 0.1) is 13.8 Å². The number of nitrogens with zero attached hydrogens (tertiary/aromatic N) is 3. The third-order valence-electron chi connectivity index (χ3n) is 5.18. The highest BCUT2D eigenvalue weighted by atomic mass is 16.3. The second-order valence-electron chi connectivity index (χ2n) is 6.91. The first kappa shape index (κ1) is 17.7. The van der Waals surface area contributed by atoms with Crippen LogP contribution in [0.4, 0.5) is 5.69 Å². The van der Waals surface area contributed by atoms with Crippen molar-refractivity contribution in [3.05, 3.63) is 52.8 Å². The molecule has 1 aliphatic heterocycles. The van der Waals surface area contributed by atoms with Gasteiger partial charge in [-0.1, -0.05) is 18.2 Å². The van der Waals surface area contributed by atoms with Crippen molar-refractivity contribution >= 4 is 5.69 Å². The summed E-state index contributed by atoms with van der Waals surface area (Å²) in [5, 5.41) is 20.0. The first-order valence-corrected chi connectivity index (χ1v) is 8.83. The number of para-hydroxylation sites is 1. The third kappa shape index (κ3) is 3.62. The molecule has 0 radical (unpaired) electrons. The van der Waals surface area contributed by atoms with Gasteiger partial charge in [0.05, 0.1) is 12.3 Å². The van der Waals surface area contributed by atoms with E-state index in [1.807, 2.05) is 0 Å². The fourth-order valence-corrected chi connectivity index (χ4v) is 3.57. The SMILES string of the molecule is Cc1ccccc1N1CCN(Cc2c(CO)cnc(C)c2O)C(C)C1. The first-order chi connectivity index (χ1) is 12.0. The van der Waals surface area contributed by atoms with E-state index in [4.69, 9.17) is 0 Å². The van der Waals surface area contributed by atoms with Gasteiger partial charge in [-0.25, -0.2) is 0 Å². The molecule has 134 valence electrons. The number of hydrogen-bond acceptors (Lipinski definition) is 5. The van der Waals surface area contributed by atoms with Gasteiger partial charge < -0.3 is 15.1 Å². The van der Waals surface area contributed by atoms with Crippen LogP contribution in [0.1, 0.15) is 29.3 Å². The van der Waals surface area contributed by atoms with Crippen molar-refractivity contribution in [3.63, 3.8) is 0 Å². The zero-order valence-electron chi connectivity index (χ0n) is 15.2. The average molecular weight is 341 g/mol. The summed E-state index contributed by atoms with van der Waals surface area (Å²) in [5.74, 6) is 0.208. The fraction of sp³-hybridized carbons (Fsp3) is 0.450. The first-order valence-electron chi connectivity index (χ1n) is 8.83. The van der Waals surface area contributed by atoms with Gasteiger partial charge >= 0.3 is 0 Å². The Morgan fingerprint density at radius 2 is 1.96 bits per heavy atom. The zero-order valence-corrected chi connectivity index (χ0v) is 15.2. The Kier molecular flexibility index (Phi) is 5.25. The smallest absolute Gasteiger partial charge is 0.141 e. The summed E-state index contributed by atoms with van der Waals surface area (Å²) in [4.78, 5) is 8.94. The minimum atomic E-state index is -0.103. The van der Waals surface area contributed by atoms with Crippen molar-refractivity contribution in [3.8, 4) is 5.75 Å². The summed E-state index contributed by atoms with van der Waals surface area (Å²) in [5.41, 5.74) is 4.71. The maximum absolute atomic E-state index is 10.4. The number of aromatic nitrogens is 1. The van der Waals surface area contributed by atoms with E-state index >= 15 is 0 Å². The molecule has 2 heterocycles. The van der Waals surface area contributed by atoms with Gasteiger partial charge in [-0.15, -0.1) is 0 Å². The van der Waals surface area contributed by atoms with Gasteiger partial charge in [0.2, 0.25) is 0 Å². The summed E-state index contributed by atoms with van der Waals surface area (Å²) in [6.07, 6.45) is 1.67. The highest BCUT2D eigenvalue weighted by molar-refractivity contribution is 5.53.